The van der Waals surface area contributed by atoms with Crippen molar-refractivity contribution in [2.45, 2.75) is 18.9 Å². The van der Waals surface area contributed by atoms with E-state index in [1.807, 2.05) is 25.4 Å². The molecule has 1 aliphatic rings. The van der Waals surface area contributed by atoms with Crippen molar-refractivity contribution in [1.82, 2.24) is 9.78 Å². The van der Waals surface area contributed by atoms with Crippen LogP contribution in [-0.4, -0.2) is 16.4 Å². The first kappa shape index (κ1) is 11.3. The molecule has 2 N–H and O–H groups in total. The Hall–Kier alpha value is -1.81. The highest BCUT2D eigenvalue weighted by atomic mass is 16.5. The van der Waals surface area contributed by atoms with Gasteiger partial charge in [0.2, 0.25) is 0 Å². The van der Waals surface area contributed by atoms with Crippen molar-refractivity contribution in [1.29, 1.82) is 0 Å². The van der Waals surface area contributed by atoms with Crippen molar-refractivity contribution in [2.75, 3.05) is 6.61 Å². The standard InChI is InChI=1S/C14H17N3O/c1-17-6-4-12(16-17)9-13(15)10-2-3-14-11(8-10)5-7-18-14/h2-4,6,8,13H,5,7,9,15H2,1H3. The minimum atomic E-state index is -0.00852. The second-order valence-electron chi connectivity index (χ2n) is 4.76. The van der Waals surface area contributed by atoms with Crippen molar-refractivity contribution in [3.8, 4) is 5.75 Å². The van der Waals surface area contributed by atoms with Gasteiger partial charge in [-0.25, -0.2) is 0 Å². The second kappa shape index (κ2) is 4.46. The van der Waals surface area contributed by atoms with Gasteiger partial charge in [-0.1, -0.05) is 12.1 Å². The van der Waals surface area contributed by atoms with Crippen LogP contribution in [0.5, 0.6) is 5.75 Å². The molecule has 2 heterocycles. The van der Waals surface area contributed by atoms with E-state index in [-0.39, 0.29) is 6.04 Å². The van der Waals surface area contributed by atoms with Crippen molar-refractivity contribution in [3.05, 3.63) is 47.3 Å². The summed E-state index contributed by atoms with van der Waals surface area (Å²) in [7, 11) is 1.92. The summed E-state index contributed by atoms with van der Waals surface area (Å²) in [5.74, 6) is 1.00. The highest BCUT2D eigenvalue weighted by Crippen LogP contribution is 2.28. The fourth-order valence-electron chi connectivity index (χ4n) is 2.35. The first-order valence-corrected chi connectivity index (χ1v) is 6.22. The Morgan fingerprint density at radius 1 is 1.44 bits per heavy atom. The maximum Gasteiger partial charge on any atom is 0.122 e. The van der Waals surface area contributed by atoms with Gasteiger partial charge in [0.1, 0.15) is 5.75 Å². The molecule has 0 amide bonds. The molecule has 1 aromatic heterocycles. The van der Waals surface area contributed by atoms with E-state index >= 15 is 0 Å². The average Bonchev–Trinajstić information content (AvgIpc) is 2.96. The van der Waals surface area contributed by atoms with Crippen LogP contribution in [0.25, 0.3) is 0 Å². The second-order valence-corrected chi connectivity index (χ2v) is 4.76. The summed E-state index contributed by atoms with van der Waals surface area (Å²) in [5, 5.41) is 4.36. The predicted octanol–water partition coefficient (Wildman–Crippen LogP) is 1.60. The summed E-state index contributed by atoms with van der Waals surface area (Å²) in [6.07, 6.45) is 3.69. The Labute approximate surface area is 106 Å². The van der Waals surface area contributed by atoms with Gasteiger partial charge in [0.05, 0.1) is 12.3 Å². The zero-order chi connectivity index (χ0) is 12.5. The van der Waals surface area contributed by atoms with E-state index in [1.54, 1.807) is 4.68 Å². The molecular formula is C14H17N3O. The Morgan fingerprint density at radius 2 is 2.33 bits per heavy atom. The van der Waals surface area contributed by atoms with Gasteiger partial charge in [-0.2, -0.15) is 5.10 Å². The molecule has 1 atom stereocenters. The number of nitrogens with two attached hydrogens (primary N) is 1. The van der Waals surface area contributed by atoms with E-state index in [0.29, 0.717) is 0 Å². The Balaban J connectivity index is 1.78. The maximum atomic E-state index is 6.24. The maximum absolute atomic E-state index is 6.24. The first-order chi connectivity index (χ1) is 8.72. The van der Waals surface area contributed by atoms with Crippen LogP contribution in [0.2, 0.25) is 0 Å². The van der Waals surface area contributed by atoms with Gasteiger partial charge in [0.15, 0.2) is 0 Å². The molecule has 0 fully saturated rings. The summed E-state index contributed by atoms with van der Waals surface area (Å²) >= 11 is 0. The van der Waals surface area contributed by atoms with Crippen LogP contribution < -0.4 is 10.5 Å². The van der Waals surface area contributed by atoms with Crippen LogP contribution in [0.4, 0.5) is 0 Å². The molecule has 4 nitrogen and oxygen atoms in total. The zero-order valence-electron chi connectivity index (χ0n) is 10.5. The van der Waals surface area contributed by atoms with E-state index in [1.165, 1.54) is 5.56 Å². The fourth-order valence-corrected chi connectivity index (χ4v) is 2.35. The largest absolute Gasteiger partial charge is 0.493 e. The molecule has 1 unspecified atom stereocenters. The number of ether oxygens (including phenoxy) is 1. The van der Waals surface area contributed by atoms with E-state index in [0.717, 1.165) is 36.5 Å². The quantitative estimate of drug-likeness (QED) is 0.890. The number of hydrogen-bond acceptors (Lipinski definition) is 3. The van der Waals surface area contributed by atoms with Gasteiger partial charge in [0, 0.05) is 32.1 Å². The number of rotatable bonds is 3. The van der Waals surface area contributed by atoms with Gasteiger partial charge in [-0.05, 0) is 23.3 Å². The molecule has 4 heteroatoms. The number of nitrogens with zero attached hydrogens (tertiary/aromatic N) is 2. The van der Waals surface area contributed by atoms with Gasteiger partial charge in [-0.15, -0.1) is 0 Å². The topological polar surface area (TPSA) is 53.1 Å². The lowest BCUT2D eigenvalue weighted by Crippen LogP contribution is -2.14. The third-order valence-corrected chi connectivity index (χ3v) is 3.34. The smallest absolute Gasteiger partial charge is 0.122 e. The predicted molar refractivity (Wildman–Crippen MR) is 69.5 cm³/mol. The summed E-state index contributed by atoms with van der Waals surface area (Å²) in [6, 6.07) is 8.24. The van der Waals surface area contributed by atoms with Crippen LogP contribution in [0.15, 0.2) is 30.5 Å². The summed E-state index contributed by atoms with van der Waals surface area (Å²) in [6.45, 7) is 0.786. The summed E-state index contributed by atoms with van der Waals surface area (Å²) < 4.78 is 7.30. The summed E-state index contributed by atoms with van der Waals surface area (Å²) in [4.78, 5) is 0. The van der Waals surface area contributed by atoms with Crippen molar-refractivity contribution < 1.29 is 4.74 Å². The van der Waals surface area contributed by atoms with E-state index in [2.05, 4.69) is 17.2 Å². The van der Waals surface area contributed by atoms with Crippen molar-refractivity contribution in [3.63, 3.8) is 0 Å². The van der Waals surface area contributed by atoms with E-state index in [4.69, 9.17) is 10.5 Å². The van der Waals surface area contributed by atoms with Crippen LogP contribution in [0.1, 0.15) is 22.9 Å². The molecule has 1 aromatic carbocycles. The zero-order valence-corrected chi connectivity index (χ0v) is 10.5. The molecule has 0 spiro atoms. The van der Waals surface area contributed by atoms with Gasteiger partial charge in [-0.3, -0.25) is 4.68 Å². The lowest BCUT2D eigenvalue weighted by molar-refractivity contribution is 0.357. The number of hydrogen-bond donors (Lipinski definition) is 1. The fraction of sp³-hybridized carbons (Fsp3) is 0.357. The summed E-state index contributed by atoms with van der Waals surface area (Å²) in [5.41, 5.74) is 9.69. The Kier molecular flexibility index (Phi) is 2.80. The highest BCUT2D eigenvalue weighted by Gasteiger charge is 2.15. The van der Waals surface area contributed by atoms with E-state index < -0.39 is 0 Å². The normalized spacial score (nSPS) is 15.2. The van der Waals surface area contributed by atoms with Crippen LogP contribution in [0.3, 0.4) is 0 Å². The highest BCUT2D eigenvalue weighted by molar-refractivity contribution is 5.40. The monoisotopic (exact) mass is 243 g/mol. The lowest BCUT2D eigenvalue weighted by atomic mass is 10.00. The third-order valence-electron chi connectivity index (χ3n) is 3.34. The lowest BCUT2D eigenvalue weighted by Gasteiger charge is -2.11. The number of benzene rings is 1. The van der Waals surface area contributed by atoms with E-state index in [9.17, 15) is 0 Å². The van der Waals surface area contributed by atoms with Crippen LogP contribution in [0, 0.1) is 0 Å². The molecule has 1 aliphatic heterocycles. The Morgan fingerprint density at radius 3 is 3.11 bits per heavy atom. The minimum Gasteiger partial charge on any atom is -0.493 e. The molecule has 0 saturated carbocycles. The average molecular weight is 243 g/mol. The molecule has 2 aromatic rings. The van der Waals surface area contributed by atoms with Gasteiger partial charge >= 0.3 is 0 Å². The van der Waals surface area contributed by atoms with Gasteiger partial charge < -0.3 is 10.5 Å². The number of aromatic nitrogens is 2. The molecule has 0 radical (unpaired) electrons. The van der Waals surface area contributed by atoms with Crippen LogP contribution >= 0.6 is 0 Å². The molecule has 94 valence electrons. The third kappa shape index (κ3) is 2.11. The SMILES string of the molecule is Cn1ccc(CC(N)c2ccc3c(c2)CCO3)n1. The number of fused-ring (bicyclic) bond motifs is 1. The van der Waals surface area contributed by atoms with Gasteiger partial charge in [0.25, 0.3) is 0 Å². The molecule has 0 aliphatic carbocycles. The molecule has 18 heavy (non-hydrogen) atoms. The minimum absolute atomic E-state index is 0.00852. The van der Waals surface area contributed by atoms with Crippen LogP contribution in [-0.2, 0) is 19.9 Å². The van der Waals surface area contributed by atoms with Crippen molar-refractivity contribution >= 4 is 0 Å². The Bertz CT molecular complexity index is 562. The molecule has 0 saturated heterocycles. The molecular weight excluding hydrogens is 226 g/mol. The van der Waals surface area contributed by atoms with Crippen molar-refractivity contribution in [2.24, 2.45) is 12.8 Å². The molecule has 0 bridgehead atoms. The first-order valence-electron chi connectivity index (χ1n) is 6.22. The molecule has 3 rings (SSSR count). The number of aryl methyl sites for hydroxylation is 1.